The fourth-order valence-electron chi connectivity index (χ4n) is 3.00. The van der Waals surface area contributed by atoms with Crippen LogP contribution in [0.4, 0.5) is 0 Å². The number of benzene rings is 3. The Hall–Kier alpha value is -3.73. The van der Waals surface area contributed by atoms with Gasteiger partial charge in [0.05, 0.1) is 12.8 Å². The van der Waals surface area contributed by atoms with E-state index in [4.69, 9.17) is 9.47 Å². The van der Waals surface area contributed by atoms with E-state index in [-0.39, 0.29) is 24.4 Å². The molecule has 0 aliphatic heterocycles. The topological polar surface area (TPSA) is 69.7 Å². The Kier molecular flexibility index (Phi) is 7.71. The molecule has 0 aliphatic carbocycles. The van der Waals surface area contributed by atoms with Crippen LogP contribution in [-0.4, -0.2) is 17.3 Å². The number of hydrogen-bond donors (Lipinski definition) is 0. The number of hydrogen-bond acceptors (Lipinski definition) is 5. The summed E-state index contributed by atoms with van der Waals surface area (Å²) in [6.45, 7) is 2.00. The molecule has 0 heterocycles. The van der Waals surface area contributed by atoms with Crippen molar-refractivity contribution in [2.45, 2.75) is 33.0 Å². The lowest BCUT2D eigenvalue weighted by molar-refractivity contribution is -0.125. The summed E-state index contributed by atoms with van der Waals surface area (Å²) in [5.41, 5.74) is 2.29. The van der Waals surface area contributed by atoms with Crippen LogP contribution in [0.15, 0.2) is 78.9 Å². The Morgan fingerprint density at radius 1 is 0.677 bits per heavy atom. The van der Waals surface area contributed by atoms with Crippen molar-refractivity contribution in [2.75, 3.05) is 0 Å². The SMILES string of the molecule is CC(=O)CC(=O)CC(=O)c1cc(OCc2ccccc2)cc(OCc2ccccc2)c1. The molecule has 0 aliphatic rings. The Morgan fingerprint density at radius 3 is 1.61 bits per heavy atom. The molecule has 3 aromatic carbocycles. The van der Waals surface area contributed by atoms with E-state index in [1.54, 1.807) is 18.2 Å². The summed E-state index contributed by atoms with van der Waals surface area (Å²) < 4.78 is 11.7. The molecule has 0 fully saturated rings. The molecule has 3 aromatic rings. The van der Waals surface area contributed by atoms with Crippen LogP contribution < -0.4 is 9.47 Å². The minimum atomic E-state index is -0.403. The van der Waals surface area contributed by atoms with Crippen molar-refractivity contribution >= 4 is 17.3 Å². The van der Waals surface area contributed by atoms with E-state index in [0.29, 0.717) is 30.3 Å². The molecule has 0 bridgehead atoms. The molecule has 0 N–H and O–H groups in total. The zero-order chi connectivity index (χ0) is 22.1. The molecular formula is C26H24O5. The first-order valence-corrected chi connectivity index (χ1v) is 10.0. The molecule has 158 valence electrons. The quantitative estimate of drug-likeness (QED) is 0.326. The molecule has 0 aromatic heterocycles. The smallest absolute Gasteiger partial charge is 0.170 e. The van der Waals surface area contributed by atoms with Gasteiger partial charge in [-0.2, -0.15) is 0 Å². The minimum Gasteiger partial charge on any atom is -0.489 e. The molecular weight excluding hydrogens is 392 g/mol. The molecule has 0 amide bonds. The van der Waals surface area contributed by atoms with E-state index in [0.717, 1.165) is 11.1 Å². The molecule has 0 spiro atoms. The van der Waals surface area contributed by atoms with Gasteiger partial charge in [0, 0.05) is 11.6 Å². The Balaban J connectivity index is 1.77. The average Bonchev–Trinajstić information content (AvgIpc) is 2.77. The lowest BCUT2D eigenvalue weighted by Crippen LogP contribution is -2.11. The summed E-state index contributed by atoms with van der Waals surface area (Å²) in [5, 5.41) is 0. The van der Waals surface area contributed by atoms with Crippen molar-refractivity contribution in [3.63, 3.8) is 0 Å². The molecule has 0 unspecified atom stereocenters. The van der Waals surface area contributed by atoms with Gasteiger partial charge in [0.1, 0.15) is 36.3 Å². The summed E-state index contributed by atoms with van der Waals surface area (Å²) in [6.07, 6.45) is -0.576. The first kappa shape index (κ1) is 22.0. The van der Waals surface area contributed by atoms with Crippen LogP contribution in [0.1, 0.15) is 41.3 Å². The first-order valence-electron chi connectivity index (χ1n) is 10.0. The summed E-state index contributed by atoms with van der Waals surface area (Å²) in [6, 6.07) is 24.3. The fraction of sp³-hybridized carbons (Fsp3) is 0.192. The molecule has 3 rings (SSSR count). The monoisotopic (exact) mass is 416 g/mol. The predicted molar refractivity (Wildman–Crippen MR) is 117 cm³/mol. The summed E-state index contributed by atoms with van der Waals surface area (Å²) >= 11 is 0. The summed E-state index contributed by atoms with van der Waals surface area (Å²) in [7, 11) is 0. The number of ketones is 3. The van der Waals surface area contributed by atoms with Crippen LogP contribution in [0.2, 0.25) is 0 Å². The maximum Gasteiger partial charge on any atom is 0.170 e. The van der Waals surface area contributed by atoms with Crippen molar-refractivity contribution in [1.29, 1.82) is 0 Å². The van der Waals surface area contributed by atoms with Gasteiger partial charge in [-0.25, -0.2) is 0 Å². The largest absolute Gasteiger partial charge is 0.489 e. The van der Waals surface area contributed by atoms with Gasteiger partial charge in [-0.15, -0.1) is 0 Å². The van der Waals surface area contributed by atoms with Gasteiger partial charge in [0.15, 0.2) is 5.78 Å². The van der Waals surface area contributed by atoms with Gasteiger partial charge in [0.25, 0.3) is 0 Å². The van der Waals surface area contributed by atoms with Gasteiger partial charge in [-0.3, -0.25) is 14.4 Å². The highest BCUT2D eigenvalue weighted by Crippen LogP contribution is 2.26. The lowest BCUT2D eigenvalue weighted by atomic mass is 10.0. The fourth-order valence-corrected chi connectivity index (χ4v) is 3.00. The third-order valence-electron chi connectivity index (χ3n) is 4.50. The number of Topliss-reactive ketones (excluding diaryl/α,β-unsaturated/α-hetero) is 3. The van der Waals surface area contributed by atoms with Crippen LogP contribution in [0.25, 0.3) is 0 Å². The minimum absolute atomic E-state index is 0.243. The normalized spacial score (nSPS) is 10.4. The average molecular weight is 416 g/mol. The first-order chi connectivity index (χ1) is 15.0. The maximum absolute atomic E-state index is 12.6. The maximum atomic E-state index is 12.6. The highest BCUT2D eigenvalue weighted by molar-refractivity contribution is 6.12. The third-order valence-corrected chi connectivity index (χ3v) is 4.50. The van der Waals surface area contributed by atoms with Crippen molar-refractivity contribution < 1.29 is 23.9 Å². The standard InChI is InChI=1S/C26H24O5/c1-19(27)12-23(28)15-26(29)22-13-24(30-17-20-8-4-2-5-9-20)16-25(14-22)31-18-21-10-6-3-7-11-21/h2-11,13-14,16H,12,15,17-18H2,1H3. The molecule has 5 nitrogen and oxygen atoms in total. The second kappa shape index (κ2) is 10.9. The second-order valence-corrected chi connectivity index (χ2v) is 7.26. The van der Waals surface area contributed by atoms with E-state index in [2.05, 4.69) is 0 Å². The van der Waals surface area contributed by atoms with Crippen molar-refractivity contribution in [2.24, 2.45) is 0 Å². The van der Waals surface area contributed by atoms with Crippen molar-refractivity contribution in [3.05, 3.63) is 95.6 Å². The van der Waals surface area contributed by atoms with Gasteiger partial charge < -0.3 is 9.47 Å². The van der Waals surface area contributed by atoms with Crippen molar-refractivity contribution in [1.82, 2.24) is 0 Å². The van der Waals surface area contributed by atoms with E-state index >= 15 is 0 Å². The van der Waals surface area contributed by atoms with Gasteiger partial charge >= 0.3 is 0 Å². The molecule has 0 radical (unpaired) electrons. The predicted octanol–water partition coefficient (Wildman–Crippen LogP) is 4.97. The molecule has 0 saturated heterocycles. The Morgan fingerprint density at radius 2 is 1.16 bits per heavy atom. The Labute approximate surface area is 181 Å². The van der Waals surface area contributed by atoms with Crippen LogP contribution in [0.5, 0.6) is 11.5 Å². The number of ether oxygens (including phenoxy) is 2. The molecule has 0 atom stereocenters. The number of carbonyl (C=O) groups excluding carboxylic acids is 3. The number of rotatable bonds is 11. The van der Waals surface area contributed by atoms with Crippen LogP contribution in [0.3, 0.4) is 0 Å². The molecule has 5 heteroatoms. The van der Waals surface area contributed by atoms with Gasteiger partial charge in [-0.1, -0.05) is 60.7 Å². The van der Waals surface area contributed by atoms with E-state index in [9.17, 15) is 14.4 Å². The van der Waals surface area contributed by atoms with Crippen LogP contribution >= 0.6 is 0 Å². The zero-order valence-corrected chi connectivity index (χ0v) is 17.4. The highest BCUT2D eigenvalue weighted by atomic mass is 16.5. The number of carbonyl (C=O) groups is 3. The Bertz CT molecular complexity index is 980. The van der Waals surface area contributed by atoms with Crippen LogP contribution in [0, 0.1) is 0 Å². The van der Waals surface area contributed by atoms with Gasteiger partial charge in [-0.05, 0) is 30.2 Å². The third kappa shape index (κ3) is 7.23. The van der Waals surface area contributed by atoms with E-state index in [1.807, 2.05) is 60.7 Å². The molecule has 31 heavy (non-hydrogen) atoms. The zero-order valence-electron chi connectivity index (χ0n) is 17.4. The highest BCUT2D eigenvalue weighted by Gasteiger charge is 2.16. The van der Waals surface area contributed by atoms with E-state index in [1.165, 1.54) is 6.92 Å². The second-order valence-electron chi connectivity index (χ2n) is 7.26. The van der Waals surface area contributed by atoms with Crippen LogP contribution in [-0.2, 0) is 22.8 Å². The lowest BCUT2D eigenvalue weighted by Gasteiger charge is -2.12. The molecule has 0 saturated carbocycles. The van der Waals surface area contributed by atoms with Crippen molar-refractivity contribution in [3.8, 4) is 11.5 Å². The van der Waals surface area contributed by atoms with E-state index < -0.39 is 5.78 Å². The summed E-state index contributed by atoms with van der Waals surface area (Å²) in [4.78, 5) is 35.7. The summed E-state index contributed by atoms with van der Waals surface area (Å²) in [5.74, 6) is -0.0981. The van der Waals surface area contributed by atoms with Gasteiger partial charge in [0.2, 0.25) is 0 Å².